The molecule has 1 saturated heterocycles. The molecule has 1 fully saturated rings. The highest BCUT2D eigenvalue weighted by molar-refractivity contribution is 5.98. The number of carbonyl (C=O) groups is 2. The minimum atomic E-state index is -0.452. The highest BCUT2D eigenvalue weighted by atomic mass is 16.7. The Bertz CT molecular complexity index is 911. The van der Waals surface area contributed by atoms with E-state index in [2.05, 4.69) is 5.32 Å². The van der Waals surface area contributed by atoms with Crippen LogP contribution in [0.2, 0.25) is 0 Å². The van der Waals surface area contributed by atoms with Crippen LogP contribution in [-0.4, -0.2) is 35.2 Å². The Kier molecular flexibility index (Phi) is 4.35. The first-order chi connectivity index (χ1) is 13.0. The average molecular weight is 368 g/mol. The topological polar surface area (TPSA) is 88.1 Å². The van der Waals surface area contributed by atoms with Crippen LogP contribution in [-0.2, 0) is 16.1 Å². The molecule has 2 aliphatic heterocycles. The summed E-state index contributed by atoms with van der Waals surface area (Å²) in [5.41, 5.74) is 2.17. The van der Waals surface area contributed by atoms with Gasteiger partial charge in [0.15, 0.2) is 11.5 Å². The lowest BCUT2D eigenvalue weighted by molar-refractivity contribution is -0.128. The lowest BCUT2D eigenvalue weighted by atomic mass is 10.1. The van der Waals surface area contributed by atoms with Gasteiger partial charge in [0.1, 0.15) is 5.75 Å². The third kappa shape index (κ3) is 3.53. The van der Waals surface area contributed by atoms with Crippen LogP contribution >= 0.6 is 0 Å². The summed E-state index contributed by atoms with van der Waals surface area (Å²) in [6.07, 6.45) is 0.156. The van der Waals surface area contributed by atoms with Gasteiger partial charge in [-0.25, -0.2) is 0 Å². The number of nitrogens with zero attached hydrogens (tertiary/aromatic N) is 1. The molecular formula is C20H20N2O5. The van der Waals surface area contributed by atoms with E-state index < -0.39 is 5.92 Å². The van der Waals surface area contributed by atoms with Crippen LogP contribution in [0.3, 0.4) is 0 Å². The van der Waals surface area contributed by atoms with Crippen molar-refractivity contribution in [1.82, 2.24) is 4.90 Å². The Hall–Kier alpha value is -3.22. The minimum Gasteiger partial charge on any atom is -0.506 e. The van der Waals surface area contributed by atoms with Gasteiger partial charge in [-0.2, -0.15) is 0 Å². The molecule has 0 radical (unpaired) electrons. The van der Waals surface area contributed by atoms with Crippen LogP contribution in [0, 0.1) is 12.8 Å². The van der Waals surface area contributed by atoms with E-state index in [1.165, 1.54) is 0 Å². The molecule has 7 nitrogen and oxygen atoms in total. The number of nitrogens with one attached hydrogen (secondary N) is 1. The molecule has 2 aliphatic rings. The molecule has 2 heterocycles. The standard InChI is InChI=1S/C20H20N2O5/c1-12-2-4-15(16(23)6-12)21-20(25)14-8-19(24)22(10-14)9-13-3-5-17-18(7-13)27-11-26-17/h2-7,14,23H,8-11H2,1H3,(H,21,25). The number of rotatable bonds is 4. The summed E-state index contributed by atoms with van der Waals surface area (Å²) in [5, 5.41) is 12.7. The lowest BCUT2D eigenvalue weighted by Crippen LogP contribution is -2.28. The average Bonchev–Trinajstić information content (AvgIpc) is 3.24. The fraction of sp³-hybridized carbons (Fsp3) is 0.300. The number of benzene rings is 2. The fourth-order valence-electron chi connectivity index (χ4n) is 3.34. The summed E-state index contributed by atoms with van der Waals surface area (Å²) in [6, 6.07) is 10.6. The number of ether oxygens (including phenoxy) is 2. The van der Waals surface area contributed by atoms with Gasteiger partial charge < -0.3 is 24.8 Å². The molecule has 0 spiro atoms. The Morgan fingerprint density at radius 2 is 2.04 bits per heavy atom. The smallest absolute Gasteiger partial charge is 0.231 e. The summed E-state index contributed by atoms with van der Waals surface area (Å²) >= 11 is 0. The quantitative estimate of drug-likeness (QED) is 0.809. The first-order valence-electron chi connectivity index (χ1n) is 8.76. The zero-order valence-electron chi connectivity index (χ0n) is 14.9. The second-order valence-corrected chi connectivity index (χ2v) is 6.87. The van der Waals surface area contributed by atoms with Gasteiger partial charge in [0.2, 0.25) is 18.6 Å². The highest BCUT2D eigenvalue weighted by Gasteiger charge is 2.34. The van der Waals surface area contributed by atoms with Gasteiger partial charge in [0, 0.05) is 19.5 Å². The van der Waals surface area contributed by atoms with Gasteiger partial charge in [-0.05, 0) is 42.3 Å². The number of likely N-dealkylation sites (tertiary alicyclic amines) is 1. The van der Waals surface area contributed by atoms with E-state index in [4.69, 9.17) is 9.47 Å². The summed E-state index contributed by atoms with van der Waals surface area (Å²) in [7, 11) is 0. The van der Waals surface area contributed by atoms with E-state index in [0.29, 0.717) is 30.3 Å². The van der Waals surface area contributed by atoms with Crippen LogP contribution in [0.25, 0.3) is 0 Å². The maximum atomic E-state index is 12.5. The van der Waals surface area contributed by atoms with Crippen molar-refractivity contribution < 1.29 is 24.2 Å². The number of aromatic hydroxyl groups is 1. The number of aryl methyl sites for hydroxylation is 1. The Labute approximate surface area is 156 Å². The van der Waals surface area contributed by atoms with Crippen molar-refractivity contribution in [3.63, 3.8) is 0 Å². The molecule has 2 N–H and O–H groups in total. The fourth-order valence-corrected chi connectivity index (χ4v) is 3.34. The first kappa shape index (κ1) is 17.2. The van der Waals surface area contributed by atoms with Crippen molar-refractivity contribution in [3.05, 3.63) is 47.5 Å². The molecule has 1 unspecified atom stereocenters. The summed E-state index contributed by atoms with van der Waals surface area (Å²) in [4.78, 5) is 26.5. The van der Waals surface area contributed by atoms with Crippen LogP contribution in [0.1, 0.15) is 17.5 Å². The molecule has 1 atom stereocenters. The molecule has 2 aromatic rings. The molecule has 4 rings (SSSR count). The summed E-state index contributed by atoms with van der Waals surface area (Å²) in [6.45, 7) is 2.81. The maximum absolute atomic E-state index is 12.5. The Morgan fingerprint density at radius 3 is 2.85 bits per heavy atom. The van der Waals surface area contributed by atoms with Crippen LogP contribution in [0.15, 0.2) is 36.4 Å². The summed E-state index contributed by atoms with van der Waals surface area (Å²) in [5.74, 6) is 0.596. The number of hydrogen-bond acceptors (Lipinski definition) is 5. The maximum Gasteiger partial charge on any atom is 0.231 e. The van der Waals surface area contributed by atoms with E-state index >= 15 is 0 Å². The van der Waals surface area contributed by atoms with E-state index in [1.54, 1.807) is 23.1 Å². The van der Waals surface area contributed by atoms with Crippen LogP contribution in [0.4, 0.5) is 5.69 Å². The molecule has 0 saturated carbocycles. The van der Waals surface area contributed by atoms with Gasteiger partial charge in [0.25, 0.3) is 0 Å². The van der Waals surface area contributed by atoms with Crippen molar-refractivity contribution in [2.75, 3.05) is 18.7 Å². The van der Waals surface area contributed by atoms with Gasteiger partial charge in [-0.3, -0.25) is 9.59 Å². The predicted octanol–water partition coefficient (Wildman–Crippen LogP) is 2.42. The highest BCUT2D eigenvalue weighted by Crippen LogP contribution is 2.33. The normalized spacial score (nSPS) is 18.0. The van der Waals surface area contributed by atoms with Crippen molar-refractivity contribution in [1.29, 1.82) is 0 Å². The van der Waals surface area contributed by atoms with Crippen LogP contribution in [0.5, 0.6) is 17.2 Å². The largest absolute Gasteiger partial charge is 0.506 e. The molecule has 0 bridgehead atoms. The number of amides is 2. The number of phenols is 1. The van der Waals surface area contributed by atoms with Crippen LogP contribution < -0.4 is 14.8 Å². The molecule has 0 aliphatic carbocycles. The van der Waals surface area contributed by atoms with Gasteiger partial charge >= 0.3 is 0 Å². The molecule has 7 heteroatoms. The number of hydrogen-bond donors (Lipinski definition) is 2. The number of fused-ring (bicyclic) bond motifs is 1. The molecule has 2 aromatic carbocycles. The van der Waals surface area contributed by atoms with E-state index in [9.17, 15) is 14.7 Å². The molecule has 0 aromatic heterocycles. The van der Waals surface area contributed by atoms with Gasteiger partial charge in [-0.1, -0.05) is 12.1 Å². The zero-order chi connectivity index (χ0) is 19.0. The SMILES string of the molecule is Cc1ccc(NC(=O)C2CC(=O)N(Cc3ccc4c(c3)OCO4)C2)c(O)c1. The van der Waals surface area contributed by atoms with E-state index in [-0.39, 0.29) is 30.8 Å². The molecular weight excluding hydrogens is 348 g/mol. The van der Waals surface area contributed by atoms with E-state index in [0.717, 1.165) is 11.1 Å². The molecule has 140 valence electrons. The molecule has 2 amide bonds. The van der Waals surface area contributed by atoms with Gasteiger partial charge in [0.05, 0.1) is 11.6 Å². The monoisotopic (exact) mass is 368 g/mol. The number of anilines is 1. The number of carbonyl (C=O) groups excluding carboxylic acids is 2. The minimum absolute atomic E-state index is 0.0184. The van der Waals surface area contributed by atoms with Crippen molar-refractivity contribution in [2.45, 2.75) is 19.9 Å². The van der Waals surface area contributed by atoms with Gasteiger partial charge in [-0.15, -0.1) is 0 Å². The lowest BCUT2D eigenvalue weighted by Gasteiger charge is -2.17. The zero-order valence-corrected chi connectivity index (χ0v) is 14.9. The second kappa shape index (κ2) is 6.83. The van der Waals surface area contributed by atoms with E-state index in [1.807, 2.05) is 25.1 Å². The predicted molar refractivity (Wildman–Crippen MR) is 97.6 cm³/mol. The second-order valence-electron chi connectivity index (χ2n) is 6.87. The molecule has 27 heavy (non-hydrogen) atoms. The summed E-state index contributed by atoms with van der Waals surface area (Å²) < 4.78 is 10.7. The Morgan fingerprint density at radius 1 is 1.22 bits per heavy atom. The third-order valence-corrected chi connectivity index (χ3v) is 4.81. The van der Waals surface area contributed by atoms with Crippen molar-refractivity contribution in [3.8, 4) is 17.2 Å². The third-order valence-electron chi connectivity index (χ3n) is 4.81. The first-order valence-corrected chi connectivity index (χ1v) is 8.76. The van der Waals surface area contributed by atoms with Crippen molar-refractivity contribution >= 4 is 17.5 Å². The van der Waals surface area contributed by atoms with Crippen molar-refractivity contribution in [2.24, 2.45) is 5.92 Å². The number of phenolic OH excluding ortho intramolecular Hbond substituents is 1. The Balaban J connectivity index is 1.40.